The summed E-state index contributed by atoms with van der Waals surface area (Å²) in [7, 11) is -3.71. The van der Waals surface area contributed by atoms with Crippen molar-refractivity contribution in [2.45, 2.75) is 50.5 Å². The number of carboxylic acids is 1. The number of unbranched alkanes of at least 4 members (excludes halogenated alkanes) is 1. The molecule has 0 saturated carbocycles. The zero-order chi connectivity index (χ0) is 17.7. The Morgan fingerprint density at radius 1 is 1.33 bits per heavy atom. The van der Waals surface area contributed by atoms with Crippen LogP contribution in [0.3, 0.4) is 0 Å². The Morgan fingerprint density at radius 3 is 2.58 bits per heavy atom. The van der Waals surface area contributed by atoms with Gasteiger partial charge in [0.25, 0.3) is 0 Å². The fraction of sp³-hybridized carbons (Fsp3) is 0.588. The lowest BCUT2D eigenvalue weighted by Gasteiger charge is -2.32. The summed E-state index contributed by atoms with van der Waals surface area (Å²) in [6.07, 6.45) is 3.88. The number of sulfonamides is 1. The molecule has 6 nitrogen and oxygen atoms in total. The van der Waals surface area contributed by atoms with Crippen molar-refractivity contribution >= 4 is 16.0 Å². The molecular formula is C17H26N2O4S. The van der Waals surface area contributed by atoms with Crippen LogP contribution >= 0.6 is 0 Å². The third-order valence-corrected chi connectivity index (χ3v) is 6.21. The average Bonchev–Trinajstić information content (AvgIpc) is 2.53. The van der Waals surface area contributed by atoms with Gasteiger partial charge in [0.2, 0.25) is 10.0 Å². The van der Waals surface area contributed by atoms with Crippen LogP contribution in [0.5, 0.6) is 0 Å². The summed E-state index contributed by atoms with van der Waals surface area (Å²) in [5.41, 5.74) is 0.296. The highest BCUT2D eigenvalue weighted by Crippen LogP contribution is 2.21. The van der Waals surface area contributed by atoms with Crippen molar-refractivity contribution in [3.8, 4) is 0 Å². The summed E-state index contributed by atoms with van der Waals surface area (Å²) in [5, 5.41) is 9.16. The number of hydrogen-bond donors (Lipinski definition) is 2. The molecule has 0 amide bonds. The van der Waals surface area contributed by atoms with Crippen LogP contribution in [-0.2, 0) is 10.0 Å². The first-order valence-corrected chi connectivity index (χ1v) is 9.91. The van der Waals surface area contributed by atoms with Gasteiger partial charge in [-0.2, -0.15) is 0 Å². The minimum absolute atomic E-state index is 0.0206. The van der Waals surface area contributed by atoms with Crippen LogP contribution in [0.4, 0.5) is 0 Å². The maximum atomic E-state index is 12.6. The van der Waals surface area contributed by atoms with Gasteiger partial charge in [-0.15, -0.1) is 0 Å². The van der Waals surface area contributed by atoms with Crippen molar-refractivity contribution in [1.29, 1.82) is 0 Å². The first-order valence-electron chi connectivity index (χ1n) is 8.42. The Balaban J connectivity index is 2.05. The minimum atomic E-state index is -3.71. The second-order valence-electron chi connectivity index (χ2n) is 6.32. The highest BCUT2D eigenvalue weighted by atomic mass is 32.2. The number of aromatic carboxylic acids is 1. The van der Waals surface area contributed by atoms with Crippen molar-refractivity contribution < 1.29 is 18.3 Å². The van der Waals surface area contributed by atoms with Gasteiger partial charge in [-0.1, -0.05) is 19.4 Å². The van der Waals surface area contributed by atoms with E-state index in [1.165, 1.54) is 25.1 Å². The molecule has 0 bridgehead atoms. The lowest BCUT2D eigenvalue weighted by Crippen LogP contribution is -2.44. The van der Waals surface area contributed by atoms with Gasteiger partial charge in [0.05, 0.1) is 10.5 Å². The number of likely N-dealkylation sites (tertiary alicyclic amines) is 1. The van der Waals surface area contributed by atoms with Crippen molar-refractivity contribution in [3.63, 3.8) is 0 Å². The third-order valence-electron chi connectivity index (χ3n) is 4.54. The first kappa shape index (κ1) is 18.9. The maximum absolute atomic E-state index is 12.6. The molecule has 0 spiro atoms. The van der Waals surface area contributed by atoms with Crippen LogP contribution in [0, 0.1) is 6.92 Å². The van der Waals surface area contributed by atoms with Crippen LogP contribution in [0.15, 0.2) is 23.1 Å². The maximum Gasteiger partial charge on any atom is 0.335 e. The molecular weight excluding hydrogens is 328 g/mol. The Morgan fingerprint density at radius 2 is 2.00 bits per heavy atom. The zero-order valence-corrected chi connectivity index (χ0v) is 15.1. The molecule has 1 aliphatic rings. The summed E-state index contributed by atoms with van der Waals surface area (Å²) < 4.78 is 28.0. The van der Waals surface area contributed by atoms with E-state index in [0.717, 1.165) is 45.3 Å². The molecule has 0 unspecified atom stereocenters. The molecule has 2 N–H and O–H groups in total. The van der Waals surface area contributed by atoms with E-state index in [-0.39, 0.29) is 22.1 Å². The minimum Gasteiger partial charge on any atom is -0.478 e. The molecule has 24 heavy (non-hydrogen) atoms. The largest absolute Gasteiger partial charge is 0.478 e. The predicted molar refractivity (Wildman–Crippen MR) is 92.8 cm³/mol. The molecule has 134 valence electrons. The van der Waals surface area contributed by atoms with Gasteiger partial charge in [-0.05, 0) is 63.5 Å². The van der Waals surface area contributed by atoms with Gasteiger partial charge in [0.1, 0.15) is 0 Å². The van der Waals surface area contributed by atoms with Crippen molar-refractivity contribution in [3.05, 3.63) is 29.3 Å². The fourth-order valence-corrected chi connectivity index (χ4v) is 4.65. The first-order chi connectivity index (χ1) is 11.3. The number of hydrogen-bond acceptors (Lipinski definition) is 4. The molecule has 1 saturated heterocycles. The monoisotopic (exact) mass is 354 g/mol. The van der Waals surface area contributed by atoms with E-state index in [0.29, 0.717) is 0 Å². The average molecular weight is 354 g/mol. The Hall–Kier alpha value is -1.44. The van der Waals surface area contributed by atoms with Gasteiger partial charge in [-0.3, -0.25) is 0 Å². The van der Waals surface area contributed by atoms with Gasteiger partial charge < -0.3 is 10.0 Å². The smallest absolute Gasteiger partial charge is 0.335 e. The molecule has 1 aromatic carbocycles. The van der Waals surface area contributed by atoms with Crippen molar-refractivity contribution in [1.82, 2.24) is 9.62 Å². The standard InChI is InChI=1S/C17H26N2O4S/c1-3-4-10-19-11-8-14(9-12-19)18-24(22,23)16-7-5-6-15(13(16)2)17(20)21/h5-7,14,18H,3-4,8-12H2,1-2H3,(H,20,21). The number of carboxylic acid groups (broad SMARTS) is 1. The topological polar surface area (TPSA) is 86.7 Å². The quantitative estimate of drug-likeness (QED) is 0.784. The van der Waals surface area contributed by atoms with Crippen molar-refractivity contribution in [2.75, 3.05) is 19.6 Å². The molecule has 1 aromatic rings. The molecule has 0 atom stereocenters. The van der Waals surface area contributed by atoms with E-state index in [1.54, 1.807) is 0 Å². The second kappa shape index (κ2) is 8.09. The summed E-state index contributed by atoms with van der Waals surface area (Å²) in [6, 6.07) is 4.25. The SMILES string of the molecule is CCCCN1CCC(NS(=O)(=O)c2cccc(C(=O)O)c2C)CC1. The van der Waals surface area contributed by atoms with Crippen LogP contribution in [-0.4, -0.2) is 50.1 Å². The molecule has 0 radical (unpaired) electrons. The number of carbonyl (C=O) groups is 1. The lowest BCUT2D eigenvalue weighted by atomic mass is 10.1. The molecule has 0 aliphatic carbocycles. The van der Waals surface area contributed by atoms with Gasteiger partial charge in [-0.25, -0.2) is 17.9 Å². The number of benzene rings is 1. The summed E-state index contributed by atoms with van der Waals surface area (Å²) in [4.78, 5) is 13.6. The molecule has 1 fully saturated rings. The summed E-state index contributed by atoms with van der Waals surface area (Å²) in [5.74, 6) is -1.12. The Kier molecular flexibility index (Phi) is 6.37. The molecule has 7 heteroatoms. The summed E-state index contributed by atoms with van der Waals surface area (Å²) >= 11 is 0. The van der Waals surface area contributed by atoms with E-state index in [2.05, 4.69) is 16.5 Å². The van der Waals surface area contributed by atoms with E-state index in [4.69, 9.17) is 5.11 Å². The molecule has 1 aliphatic heterocycles. The molecule has 2 rings (SSSR count). The fourth-order valence-electron chi connectivity index (χ4n) is 3.08. The molecule has 1 heterocycles. The van der Waals surface area contributed by atoms with Crippen LogP contribution in [0.25, 0.3) is 0 Å². The zero-order valence-electron chi connectivity index (χ0n) is 14.3. The normalized spacial score (nSPS) is 17.1. The Labute approximate surface area is 143 Å². The van der Waals surface area contributed by atoms with E-state index >= 15 is 0 Å². The second-order valence-corrected chi connectivity index (χ2v) is 8.01. The summed E-state index contributed by atoms with van der Waals surface area (Å²) in [6.45, 7) is 6.54. The lowest BCUT2D eigenvalue weighted by molar-refractivity contribution is 0.0696. The van der Waals surface area contributed by atoms with Gasteiger partial charge >= 0.3 is 5.97 Å². The van der Waals surface area contributed by atoms with Crippen LogP contribution in [0.2, 0.25) is 0 Å². The van der Waals surface area contributed by atoms with Gasteiger partial charge in [0, 0.05) is 6.04 Å². The highest BCUT2D eigenvalue weighted by Gasteiger charge is 2.26. The highest BCUT2D eigenvalue weighted by molar-refractivity contribution is 7.89. The number of nitrogens with one attached hydrogen (secondary N) is 1. The molecule has 0 aromatic heterocycles. The predicted octanol–water partition coefficient (Wildman–Crippen LogP) is 2.24. The third kappa shape index (κ3) is 4.55. The van der Waals surface area contributed by atoms with E-state index < -0.39 is 16.0 Å². The van der Waals surface area contributed by atoms with Crippen LogP contribution < -0.4 is 4.72 Å². The number of nitrogens with zero attached hydrogens (tertiary/aromatic N) is 1. The number of piperidine rings is 1. The van der Waals surface area contributed by atoms with Crippen LogP contribution in [0.1, 0.15) is 48.5 Å². The van der Waals surface area contributed by atoms with E-state index in [9.17, 15) is 13.2 Å². The number of rotatable bonds is 7. The van der Waals surface area contributed by atoms with Gasteiger partial charge in [0.15, 0.2) is 0 Å². The van der Waals surface area contributed by atoms with Crippen molar-refractivity contribution in [2.24, 2.45) is 0 Å². The Bertz CT molecular complexity index is 680. The van der Waals surface area contributed by atoms with E-state index in [1.807, 2.05) is 0 Å².